The molecule has 1 unspecified atom stereocenters. The first-order valence-corrected chi connectivity index (χ1v) is 12.4. The molecule has 1 aliphatic rings. The molecule has 36 heavy (non-hydrogen) atoms. The van der Waals surface area contributed by atoms with E-state index in [-0.39, 0.29) is 24.4 Å². The van der Waals surface area contributed by atoms with E-state index >= 15 is 0 Å². The van der Waals surface area contributed by atoms with E-state index in [1.165, 1.54) is 29.8 Å². The summed E-state index contributed by atoms with van der Waals surface area (Å²) in [5.74, 6) is 0.0299. The summed E-state index contributed by atoms with van der Waals surface area (Å²) in [5, 5.41) is 8.80. The van der Waals surface area contributed by atoms with E-state index in [4.69, 9.17) is 0 Å². The smallest absolute Gasteiger partial charge is 0.254 e. The van der Waals surface area contributed by atoms with Gasteiger partial charge in [-0.25, -0.2) is 4.39 Å². The third-order valence-corrected chi connectivity index (χ3v) is 6.73. The molecule has 2 amide bonds. The summed E-state index contributed by atoms with van der Waals surface area (Å²) < 4.78 is 13.3. The van der Waals surface area contributed by atoms with Crippen LogP contribution < -0.4 is 4.90 Å². The highest BCUT2D eigenvalue weighted by Crippen LogP contribution is 2.20. The molecule has 3 aromatic rings. The largest absolute Gasteiger partial charge is 0.352 e. The van der Waals surface area contributed by atoms with Gasteiger partial charge in [0, 0.05) is 43.3 Å². The Kier molecular flexibility index (Phi) is 7.93. The van der Waals surface area contributed by atoms with Crippen LogP contribution in [0.25, 0.3) is 11.3 Å². The number of hydrogen-bond donors (Lipinski definition) is 0. The van der Waals surface area contributed by atoms with Gasteiger partial charge in [-0.3, -0.25) is 9.59 Å². The average Bonchev–Trinajstić information content (AvgIpc) is 2.92. The van der Waals surface area contributed by atoms with Gasteiger partial charge in [-0.05, 0) is 56.7 Å². The fourth-order valence-electron chi connectivity index (χ4n) is 4.21. The van der Waals surface area contributed by atoms with Crippen LogP contribution in [-0.2, 0) is 4.79 Å². The highest BCUT2D eigenvalue weighted by Gasteiger charge is 2.28. The molecule has 0 radical (unpaired) electrons. The molecule has 1 aliphatic heterocycles. The predicted molar refractivity (Wildman–Crippen MR) is 138 cm³/mol. The first-order chi connectivity index (χ1) is 17.4. The lowest BCUT2D eigenvalue weighted by Crippen LogP contribution is -2.53. The summed E-state index contributed by atoms with van der Waals surface area (Å²) in [4.78, 5) is 31.7. The van der Waals surface area contributed by atoms with Gasteiger partial charge in [0.25, 0.3) is 5.91 Å². The minimum absolute atomic E-state index is 0.00370. The van der Waals surface area contributed by atoms with E-state index in [1.54, 1.807) is 9.80 Å². The highest BCUT2D eigenvalue weighted by atomic mass is 19.1. The monoisotopic (exact) mass is 489 g/mol. The number of nitrogens with zero attached hydrogens (tertiary/aromatic N) is 5. The van der Waals surface area contributed by atoms with Gasteiger partial charge in [0.05, 0.1) is 5.69 Å². The van der Waals surface area contributed by atoms with Crippen molar-refractivity contribution in [3.63, 3.8) is 0 Å². The van der Waals surface area contributed by atoms with Crippen molar-refractivity contribution in [2.24, 2.45) is 0 Å². The Morgan fingerprint density at radius 1 is 0.944 bits per heavy atom. The molecule has 1 atom stereocenters. The Labute approximate surface area is 211 Å². The minimum atomic E-state index is -0.398. The van der Waals surface area contributed by atoms with E-state index in [2.05, 4.69) is 27.2 Å². The van der Waals surface area contributed by atoms with E-state index in [0.29, 0.717) is 38.2 Å². The van der Waals surface area contributed by atoms with E-state index in [0.717, 1.165) is 17.1 Å². The second-order valence-electron chi connectivity index (χ2n) is 9.21. The average molecular weight is 490 g/mol. The summed E-state index contributed by atoms with van der Waals surface area (Å²) >= 11 is 0. The van der Waals surface area contributed by atoms with Crippen LogP contribution in [0.3, 0.4) is 0 Å². The summed E-state index contributed by atoms with van der Waals surface area (Å²) in [5.41, 5.74) is 3.42. The maximum absolute atomic E-state index is 13.3. The fourth-order valence-corrected chi connectivity index (χ4v) is 4.21. The van der Waals surface area contributed by atoms with Gasteiger partial charge in [0.15, 0.2) is 5.82 Å². The fraction of sp³-hybridized carbons (Fsp3) is 0.357. The van der Waals surface area contributed by atoms with Gasteiger partial charge in [-0.15, -0.1) is 10.2 Å². The Morgan fingerprint density at radius 3 is 2.19 bits per heavy atom. The number of piperazine rings is 1. The number of carbonyl (C=O) groups excluding carboxylic acids is 2. The van der Waals surface area contributed by atoms with Crippen molar-refractivity contribution in [1.82, 2.24) is 20.0 Å². The first kappa shape index (κ1) is 25.3. The maximum Gasteiger partial charge on any atom is 0.254 e. The molecule has 0 saturated carbocycles. The molecule has 8 heteroatoms. The highest BCUT2D eigenvalue weighted by molar-refractivity contribution is 5.96. The van der Waals surface area contributed by atoms with Crippen molar-refractivity contribution in [1.29, 1.82) is 0 Å². The van der Waals surface area contributed by atoms with Gasteiger partial charge in [-0.1, -0.05) is 36.8 Å². The van der Waals surface area contributed by atoms with Gasteiger partial charge < -0.3 is 14.7 Å². The van der Waals surface area contributed by atoms with Crippen LogP contribution in [-0.4, -0.2) is 70.6 Å². The maximum atomic E-state index is 13.3. The molecule has 1 fully saturated rings. The summed E-state index contributed by atoms with van der Waals surface area (Å²) in [6.07, 6.45) is 0.714. The molecule has 188 valence electrons. The zero-order chi connectivity index (χ0) is 25.7. The van der Waals surface area contributed by atoms with Gasteiger partial charge in [0.2, 0.25) is 5.91 Å². The van der Waals surface area contributed by atoms with E-state index in [1.807, 2.05) is 45.0 Å². The van der Waals surface area contributed by atoms with Crippen molar-refractivity contribution in [3.8, 4) is 11.3 Å². The molecular weight excluding hydrogens is 457 g/mol. The lowest BCUT2D eigenvalue weighted by molar-refractivity contribution is -0.132. The number of carbonyl (C=O) groups is 2. The van der Waals surface area contributed by atoms with Gasteiger partial charge in [-0.2, -0.15) is 0 Å². The third kappa shape index (κ3) is 5.87. The lowest BCUT2D eigenvalue weighted by atomic mass is 10.1. The molecule has 4 rings (SSSR count). The van der Waals surface area contributed by atoms with Gasteiger partial charge in [0.1, 0.15) is 12.4 Å². The molecule has 7 nitrogen and oxygen atoms in total. The van der Waals surface area contributed by atoms with Crippen LogP contribution in [0.1, 0.15) is 36.2 Å². The molecule has 1 aromatic heterocycles. The minimum Gasteiger partial charge on any atom is -0.352 e. The zero-order valence-electron chi connectivity index (χ0n) is 21.0. The normalized spacial score (nSPS) is 14.4. The second-order valence-corrected chi connectivity index (χ2v) is 9.21. The van der Waals surface area contributed by atoms with Gasteiger partial charge >= 0.3 is 0 Å². The van der Waals surface area contributed by atoms with Crippen molar-refractivity contribution in [2.45, 2.75) is 33.2 Å². The number of aryl methyl sites for hydroxylation is 1. The van der Waals surface area contributed by atoms with Crippen molar-refractivity contribution in [2.75, 3.05) is 37.6 Å². The number of benzene rings is 2. The number of hydrogen-bond acceptors (Lipinski definition) is 5. The molecule has 0 aliphatic carbocycles. The van der Waals surface area contributed by atoms with Crippen LogP contribution in [0.4, 0.5) is 10.2 Å². The molecule has 0 bridgehead atoms. The van der Waals surface area contributed by atoms with E-state index < -0.39 is 5.82 Å². The summed E-state index contributed by atoms with van der Waals surface area (Å²) in [7, 11) is 0. The van der Waals surface area contributed by atoms with Crippen molar-refractivity contribution in [3.05, 3.63) is 77.6 Å². The van der Waals surface area contributed by atoms with Crippen LogP contribution >= 0.6 is 0 Å². The molecular formula is C28H32FN5O2. The van der Waals surface area contributed by atoms with E-state index in [9.17, 15) is 14.0 Å². The summed E-state index contributed by atoms with van der Waals surface area (Å²) in [6, 6.07) is 17.4. The number of rotatable bonds is 7. The number of amides is 2. The van der Waals surface area contributed by atoms with Crippen molar-refractivity contribution < 1.29 is 14.0 Å². The molecule has 2 aromatic carbocycles. The van der Waals surface area contributed by atoms with Crippen LogP contribution in [0.2, 0.25) is 0 Å². The number of halogens is 1. The Balaban J connectivity index is 1.35. The number of aromatic nitrogens is 2. The first-order valence-electron chi connectivity index (χ1n) is 12.4. The zero-order valence-corrected chi connectivity index (χ0v) is 21.0. The Hall–Kier alpha value is -3.81. The van der Waals surface area contributed by atoms with Crippen LogP contribution in [0.15, 0.2) is 60.7 Å². The molecule has 1 saturated heterocycles. The quantitative estimate of drug-likeness (QED) is 0.498. The second kappa shape index (κ2) is 11.3. The molecule has 0 N–H and O–H groups in total. The van der Waals surface area contributed by atoms with Crippen LogP contribution in [0.5, 0.6) is 0 Å². The standard InChI is InChI=1S/C28H32FN5O2/c1-4-21(3)34(28(36)23-9-11-24(29)12-10-23)19-27(35)33-17-15-32(16-18-33)26-14-13-25(30-31-26)22-7-5-20(2)6-8-22/h5-14,21H,4,15-19H2,1-3H3. The lowest BCUT2D eigenvalue weighted by Gasteiger charge is -2.37. The topological polar surface area (TPSA) is 69.6 Å². The Bertz CT molecular complexity index is 1170. The van der Waals surface area contributed by atoms with Crippen LogP contribution in [0, 0.1) is 12.7 Å². The summed E-state index contributed by atoms with van der Waals surface area (Å²) in [6.45, 7) is 8.30. The van der Waals surface area contributed by atoms with Crippen molar-refractivity contribution >= 4 is 17.6 Å². The predicted octanol–water partition coefficient (Wildman–Crippen LogP) is 4.18. The molecule has 2 heterocycles. The Morgan fingerprint density at radius 2 is 1.61 bits per heavy atom. The molecule has 0 spiro atoms. The SMILES string of the molecule is CCC(C)N(CC(=O)N1CCN(c2ccc(-c3ccc(C)cc3)nn2)CC1)C(=O)c1ccc(F)cc1. The third-order valence-electron chi connectivity index (χ3n) is 6.73. The number of anilines is 1.